The third kappa shape index (κ3) is 2.58. The summed E-state index contributed by atoms with van der Waals surface area (Å²) in [5.41, 5.74) is 7.17. The molecule has 6 nitrogen and oxygen atoms in total. The second kappa shape index (κ2) is 5.61. The van der Waals surface area contributed by atoms with Crippen molar-refractivity contribution in [3.63, 3.8) is 0 Å². The van der Waals surface area contributed by atoms with E-state index >= 15 is 0 Å². The van der Waals surface area contributed by atoms with Crippen LogP contribution in [0.5, 0.6) is 0 Å². The molecule has 1 saturated heterocycles. The van der Waals surface area contributed by atoms with Crippen LogP contribution < -0.4 is 10.6 Å². The number of hydrogen-bond donors (Lipinski definition) is 3. The third-order valence-electron chi connectivity index (χ3n) is 3.82. The Morgan fingerprint density at radius 1 is 1.47 bits per heavy atom. The van der Waals surface area contributed by atoms with Crippen molar-refractivity contribution >= 4 is 11.7 Å². The van der Waals surface area contributed by atoms with Gasteiger partial charge in [0.1, 0.15) is 11.7 Å². The smallest absolute Gasteiger partial charge is 0.138 e. The van der Waals surface area contributed by atoms with Crippen LogP contribution in [-0.4, -0.2) is 39.9 Å². The first-order valence-electron chi connectivity index (χ1n) is 6.81. The molecule has 4 N–H and O–H groups in total. The molecular weight excluding hydrogens is 242 g/mol. The van der Waals surface area contributed by atoms with Gasteiger partial charge in [-0.2, -0.15) is 5.10 Å². The van der Waals surface area contributed by atoms with E-state index in [0.29, 0.717) is 5.56 Å². The molecule has 0 saturated carbocycles. The van der Waals surface area contributed by atoms with E-state index in [-0.39, 0.29) is 18.5 Å². The van der Waals surface area contributed by atoms with E-state index in [9.17, 15) is 5.11 Å². The van der Waals surface area contributed by atoms with Crippen molar-refractivity contribution in [3.8, 4) is 0 Å². The summed E-state index contributed by atoms with van der Waals surface area (Å²) in [6, 6.07) is 0.0930. The second-order valence-corrected chi connectivity index (χ2v) is 5.20. The first-order chi connectivity index (χ1) is 9.06. The zero-order valence-corrected chi connectivity index (χ0v) is 11.7. The minimum atomic E-state index is 0.0431. The van der Waals surface area contributed by atoms with Crippen molar-refractivity contribution in [2.75, 3.05) is 18.1 Å². The van der Waals surface area contributed by atoms with E-state index in [0.717, 1.165) is 37.3 Å². The van der Waals surface area contributed by atoms with E-state index < -0.39 is 0 Å². The Morgan fingerprint density at radius 3 is 2.84 bits per heavy atom. The quantitative estimate of drug-likeness (QED) is 0.555. The van der Waals surface area contributed by atoms with E-state index in [1.54, 1.807) is 4.68 Å². The number of nitrogen functional groups attached to an aromatic ring is 1. The Morgan fingerprint density at radius 2 is 2.21 bits per heavy atom. The van der Waals surface area contributed by atoms with Crippen LogP contribution in [0.3, 0.4) is 0 Å². The topological polar surface area (TPSA) is 91.2 Å². The highest BCUT2D eigenvalue weighted by atomic mass is 16.3. The van der Waals surface area contributed by atoms with E-state index in [2.05, 4.69) is 10.00 Å². The Hall–Kier alpha value is -1.56. The lowest BCUT2D eigenvalue weighted by Gasteiger charge is -2.31. The second-order valence-electron chi connectivity index (χ2n) is 5.20. The molecule has 0 spiro atoms. The summed E-state index contributed by atoms with van der Waals surface area (Å²) >= 11 is 0. The van der Waals surface area contributed by atoms with Crippen LogP contribution in [0.25, 0.3) is 0 Å². The monoisotopic (exact) mass is 265 g/mol. The predicted octanol–water partition coefficient (Wildman–Crippen LogP) is 0.754. The number of aromatic nitrogens is 2. The molecule has 1 fully saturated rings. The van der Waals surface area contributed by atoms with Gasteiger partial charge >= 0.3 is 0 Å². The molecule has 2 rings (SSSR count). The fourth-order valence-electron chi connectivity index (χ4n) is 2.94. The minimum absolute atomic E-state index is 0.0431. The normalized spacial score (nSPS) is 20.4. The van der Waals surface area contributed by atoms with Crippen molar-refractivity contribution in [3.05, 3.63) is 11.3 Å². The highest BCUT2D eigenvalue weighted by Gasteiger charge is 2.27. The van der Waals surface area contributed by atoms with Crippen LogP contribution >= 0.6 is 0 Å². The van der Waals surface area contributed by atoms with E-state index in [1.807, 2.05) is 14.0 Å². The van der Waals surface area contributed by atoms with Gasteiger partial charge in [-0.05, 0) is 19.8 Å². The number of amidine groups is 1. The first-order valence-corrected chi connectivity index (χ1v) is 6.81. The van der Waals surface area contributed by atoms with Crippen LogP contribution in [0.1, 0.15) is 36.9 Å². The van der Waals surface area contributed by atoms with Gasteiger partial charge in [0, 0.05) is 13.6 Å². The number of nitrogens with one attached hydrogen (secondary N) is 1. The summed E-state index contributed by atoms with van der Waals surface area (Å²) in [5, 5.41) is 21.8. The van der Waals surface area contributed by atoms with Crippen LogP contribution in [0.4, 0.5) is 5.82 Å². The number of aryl methyl sites for hydroxylation is 2. The van der Waals surface area contributed by atoms with Crippen molar-refractivity contribution in [2.24, 2.45) is 12.8 Å². The largest absolute Gasteiger partial charge is 0.394 e. The van der Waals surface area contributed by atoms with Crippen LogP contribution in [0.2, 0.25) is 0 Å². The van der Waals surface area contributed by atoms with E-state index in [4.69, 9.17) is 11.1 Å². The molecule has 0 aliphatic carbocycles. The van der Waals surface area contributed by atoms with E-state index in [1.165, 1.54) is 6.42 Å². The van der Waals surface area contributed by atoms with Gasteiger partial charge in [-0.15, -0.1) is 0 Å². The fourth-order valence-corrected chi connectivity index (χ4v) is 2.94. The van der Waals surface area contributed by atoms with Gasteiger partial charge < -0.3 is 15.7 Å². The molecule has 1 aromatic heterocycles. The molecule has 106 valence electrons. The van der Waals surface area contributed by atoms with Crippen molar-refractivity contribution < 1.29 is 5.11 Å². The maximum atomic E-state index is 9.62. The molecule has 1 atom stereocenters. The molecule has 1 aliphatic heterocycles. The molecule has 0 bridgehead atoms. The van der Waals surface area contributed by atoms with Gasteiger partial charge in [-0.1, -0.05) is 12.8 Å². The third-order valence-corrected chi connectivity index (χ3v) is 3.82. The number of anilines is 1. The summed E-state index contributed by atoms with van der Waals surface area (Å²) in [6.07, 6.45) is 4.38. The molecule has 19 heavy (non-hydrogen) atoms. The highest BCUT2D eigenvalue weighted by Crippen LogP contribution is 2.28. The average Bonchev–Trinajstić information content (AvgIpc) is 2.53. The lowest BCUT2D eigenvalue weighted by atomic mass is 10.1. The first kappa shape index (κ1) is 13.9. The number of nitrogens with zero attached hydrogens (tertiary/aromatic N) is 3. The predicted molar refractivity (Wildman–Crippen MR) is 75.6 cm³/mol. The Bertz CT molecular complexity index is 468. The average molecular weight is 265 g/mol. The molecule has 1 aromatic rings. The molecule has 1 unspecified atom stereocenters. The molecule has 6 heteroatoms. The zero-order chi connectivity index (χ0) is 14.0. The summed E-state index contributed by atoms with van der Waals surface area (Å²) < 4.78 is 1.78. The summed E-state index contributed by atoms with van der Waals surface area (Å²) in [6.45, 7) is 2.87. The zero-order valence-electron chi connectivity index (χ0n) is 11.7. The van der Waals surface area contributed by atoms with Crippen molar-refractivity contribution in [1.82, 2.24) is 9.78 Å². The molecule has 2 heterocycles. The maximum absolute atomic E-state index is 9.62. The number of rotatable bonds is 3. The number of nitrogens with two attached hydrogens (primary N) is 1. The van der Waals surface area contributed by atoms with Gasteiger partial charge in [0.2, 0.25) is 0 Å². The minimum Gasteiger partial charge on any atom is -0.394 e. The molecular formula is C13H23N5O. The molecule has 0 amide bonds. The van der Waals surface area contributed by atoms with Gasteiger partial charge in [0.15, 0.2) is 0 Å². The molecule has 1 aliphatic rings. The Kier molecular flexibility index (Phi) is 4.09. The number of aliphatic hydroxyl groups excluding tert-OH is 1. The number of aliphatic hydroxyl groups is 1. The summed E-state index contributed by atoms with van der Waals surface area (Å²) in [7, 11) is 1.87. The van der Waals surface area contributed by atoms with Crippen LogP contribution in [0, 0.1) is 12.3 Å². The fraction of sp³-hybridized carbons (Fsp3) is 0.692. The summed E-state index contributed by atoms with van der Waals surface area (Å²) in [5.74, 6) is 0.910. The molecule has 0 aromatic carbocycles. The van der Waals surface area contributed by atoms with Gasteiger partial charge in [0.25, 0.3) is 0 Å². The number of hydrogen-bond acceptors (Lipinski definition) is 4. The highest BCUT2D eigenvalue weighted by molar-refractivity contribution is 6.01. The van der Waals surface area contributed by atoms with Crippen LogP contribution in [0.15, 0.2) is 0 Å². The Labute approximate surface area is 113 Å². The van der Waals surface area contributed by atoms with Crippen molar-refractivity contribution in [2.45, 2.75) is 38.6 Å². The Balaban J connectivity index is 2.46. The van der Waals surface area contributed by atoms with Crippen LogP contribution in [-0.2, 0) is 7.05 Å². The summed E-state index contributed by atoms with van der Waals surface area (Å²) in [4.78, 5) is 2.17. The lowest BCUT2D eigenvalue weighted by Crippen LogP contribution is -2.40. The van der Waals surface area contributed by atoms with Gasteiger partial charge in [-0.3, -0.25) is 10.1 Å². The maximum Gasteiger partial charge on any atom is 0.138 e. The lowest BCUT2D eigenvalue weighted by molar-refractivity contribution is 0.254. The molecule has 0 radical (unpaired) electrons. The van der Waals surface area contributed by atoms with Gasteiger partial charge in [0.05, 0.1) is 23.9 Å². The standard InChI is InChI=1S/C13H23N5O/c1-9-11(12(14)15)13(17(2)16-9)18-7-5-3-4-6-10(18)8-19/h10,19H,3-8H2,1-2H3,(H3,14,15). The van der Waals surface area contributed by atoms with Crippen molar-refractivity contribution in [1.29, 1.82) is 5.41 Å². The van der Waals surface area contributed by atoms with Gasteiger partial charge in [-0.25, -0.2) is 0 Å². The SMILES string of the molecule is Cc1nn(C)c(N2CCCCCC2CO)c1C(=N)N.